The standard InChI is InChI=1S/C8H16ClN/c1-6(10)7-3-2-4-8(9)5-7/h6-8H,2-5,10H2,1H3/t6-,7?,8?/m1/s1. The molecular weight excluding hydrogens is 146 g/mol. The van der Waals surface area contributed by atoms with Gasteiger partial charge in [0.25, 0.3) is 0 Å². The lowest BCUT2D eigenvalue weighted by Crippen LogP contribution is -2.31. The number of hydrogen-bond acceptors (Lipinski definition) is 1. The minimum Gasteiger partial charge on any atom is -0.328 e. The summed E-state index contributed by atoms with van der Waals surface area (Å²) < 4.78 is 0. The summed E-state index contributed by atoms with van der Waals surface area (Å²) in [6, 6.07) is 0.335. The van der Waals surface area contributed by atoms with E-state index in [1.807, 2.05) is 0 Å². The Morgan fingerprint density at radius 2 is 2.20 bits per heavy atom. The van der Waals surface area contributed by atoms with E-state index in [4.69, 9.17) is 17.3 Å². The molecule has 2 heteroatoms. The Labute approximate surface area is 67.9 Å². The zero-order chi connectivity index (χ0) is 7.56. The molecule has 1 rings (SSSR count). The van der Waals surface area contributed by atoms with Crippen molar-refractivity contribution < 1.29 is 0 Å². The van der Waals surface area contributed by atoms with Gasteiger partial charge in [-0.05, 0) is 32.1 Å². The lowest BCUT2D eigenvalue weighted by atomic mass is 9.85. The minimum atomic E-state index is 0.335. The Balaban J connectivity index is 2.32. The van der Waals surface area contributed by atoms with E-state index in [1.165, 1.54) is 19.3 Å². The van der Waals surface area contributed by atoms with Crippen molar-refractivity contribution in [1.29, 1.82) is 0 Å². The molecule has 0 amide bonds. The predicted molar refractivity (Wildman–Crippen MR) is 45.2 cm³/mol. The van der Waals surface area contributed by atoms with Crippen molar-refractivity contribution in [3.05, 3.63) is 0 Å². The quantitative estimate of drug-likeness (QED) is 0.586. The molecule has 0 aromatic rings. The fraction of sp³-hybridized carbons (Fsp3) is 1.00. The van der Waals surface area contributed by atoms with Gasteiger partial charge >= 0.3 is 0 Å². The fourth-order valence-corrected chi connectivity index (χ4v) is 2.03. The third-order valence-corrected chi connectivity index (χ3v) is 2.79. The maximum Gasteiger partial charge on any atom is 0.0339 e. The van der Waals surface area contributed by atoms with Crippen LogP contribution in [0.4, 0.5) is 0 Å². The summed E-state index contributed by atoms with van der Waals surface area (Å²) in [6.07, 6.45) is 4.85. The molecule has 3 atom stereocenters. The first kappa shape index (κ1) is 8.35. The van der Waals surface area contributed by atoms with Crippen LogP contribution < -0.4 is 5.73 Å². The molecule has 1 aliphatic rings. The first-order chi connectivity index (χ1) is 4.70. The molecular formula is C8H16ClN. The topological polar surface area (TPSA) is 26.0 Å². The van der Waals surface area contributed by atoms with Gasteiger partial charge in [0.1, 0.15) is 0 Å². The lowest BCUT2D eigenvalue weighted by Gasteiger charge is -2.27. The van der Waals surface area contributed by atoms with Gasteiger partial charge in [0.15, 0.2) is 0 Å². The van der Waals surface area contributed by atoms with Gasteiger partial charge in [-0.25, -0.2) is 0 Å². The monoisotopic (exact) mass is 161 g/mol. The number of rotatable bonds is 1. The summed E-state index contributed by atoms with van der Waals surface area (Å²) in [5.41, 5.74) is 5.77. The van der Waals surface area contributed by atoms with Crippen molar-refractivity contribution in [2.75, 3.05) is 0 Å². The molecule has 0 saturated heterocycles. The van der Waals surface area contributed by atoms with Gasteiger partial charge in [-0.1, -0.05) is 6.42 Å². The van der Waals surface area contributed by atoms with E-state index in [-0.39, 0.29) is 0 Å². The number of alkyl halides is 1. The summed E-state index contributed by atoms with van der Waals surface area (Å²) in [5, 5.41) is 0.393. The molecule has 1 saturated carbocycles. The Morgan fingerprint density at radius 1 is 1.50 bits per heavy atom. The van der Waals surface area contributed by atoms with Crippen LogP contribution in [0, 0.1) is 5.92 Å². The van der Waals surface area contributed by atoms with Crippen LogP contribution in [0.3, 0.4) is 0 Å². The van der Waals surface area contributed by atoms with Gasteiger partial charge in [0.05, 0.1) is 0 Å². The largest absolute Gasteiger partial charge is 0.328 e. The van der Waals surface area contributed by atoms with E-state index < -0.39 is 0 Å². The van der Waals surface area contributed by atoms with Gasteiger partial charge < -0.3 is 5.73 Å². The van der Waals surface area contributed by atoms with Crippen LogP contribution in [0.1, 0.15) is 32.6 Å². The lowest BCUT2D eigenvalue weighted by molar-refractivity contribution is 0.320. The Hall–Kier alpha value is 0.250. The van der Waals surface area contributed by atoms with E-state index in [0.717, 1.165) is 6.42 Å². The van der Waals surface area contributed by atoms with E-state index in [1.54, 1.807) is 0 Å². The van der Waals surface area contributed by atoms with Crippen LogP contribution in [-0.2, 0) is 0 Å². The molecule has 0 aromatic carbocycles. The second kappa shape index (κ2) is 3.59. The third-order valence-electron chi connectivity index (χ3n) is 2.39. The van der Waals surface area contributed by atoms with Crippen LogP contribution in [0.15, 0.2) is 0 Å². The van der Waals surface area contributed by atoms with Crippen molar-refractivity contribution in [2.45, 2.75) is 44.0 Å². The van der Waals surface area contributed by atoms with Gasteiger partial charge in [-0.15, -0.1) is 11.6 Å². The molecule has 0 bridgehead atoms. The van der Waals surface area contributed by atoms with E-state index >= 15 is 0 Å². The van der Waals surface area contributed by atoms with Gasteiger partial charge in [-0.3, -0.25) is 0 Å². The highest BCUT2D eigenvalue weighted by Crippen LogP contribution is 2.28. The van der Waals surface area contributed by atoms with Crippen LogP contribution in [0.25, 0.3) is 0 Å². The Bertz CT molecular complexity index is 103. The number of halogens is 1. The summed E-state index contributed by atoms with van der Waals surface area (Å²) in [6.45, 7) is 2.08. The van der Waals surface area contributed by atoms with Crippen molar-refractivity contribution in [3.63, 3.8) is 0 Å². The molecule has 0 radical (unpaired) electrons. The zero-order valence-corrected chi connectivity index (χ0v) is 7.27. The maximum absolute atomic E-state index is 6.00. The van der Waals surface area contributed by atoms with Crippen LogP contribution >= 0.6 is 11.6 Å². The molecule has 0 spiro atoms. The molecule has 2 unspecified atom stereocenters. The van der Waals surface area contributed by atoms with Crippen LogP contribution in [0.2, 0.25) is 0 Å². The third kappa shape index (κ3) is 2.14. The summed E-state index contributed by atoms with van der Waals surface area (Å²) in [4.78, 5) is 0. The van der Waals surface area contributed by atoms with Crippen molar-refractivity contribution in [1.82, 2.24) is 0 Å². The van der Waals surface area contributed by atoms with Gasteiger partial charge in [0.2, 0.25) is 0 Å². The minimum absolute atomic E-state index is 0.335. The maximum atomic E-state index is 6.00. The van der Waals surface area contributed by atoms with Gasteiger partial charge in [0, 0.05) is 11.4 Å². The molecule has 1 fully saturated rings. The molecule has 2 N–H and O–H groups in total. The van der Waals surface area contributed by atoms with Crippen molar-refractivity contribution >= 4 is 11.6 Å². The zero-order valence-electron chi connectivity index (χ0n) is 6.52. The van der Waals surface area contributed by atoms with Crippen molar-refractivity contribution in [2.24, 2.45) is 11.7 Å². The second-order valence-corrected chi connectivity index (χ2v) is 4.00. The predicted octanol–water partition coefficient (Wildman–Crippen LogP) is 2.13. The van der Waals surface area contributed by atoms with E-state index in [0.29, 0.717) is 17.3 Å². The molecule has 0 aromatic heterocycles. The average Bonchev–Trinajstić information content (AvgIpc) is 1.88. The van der Waals surface area contributed by atoms with Crippen LogP contribution in [-0.4, -0.2) is 11.4 Å². The molecule has 0 heterocycles. The molecule has 10 heavy (non-hydrogen) atoms. The van der Waals surface area contributed by atoms with Crippen LogP contribution in [0.5, 0.6) is 0 Å². The molecule has 1 aliphatic carbocycles. The molecule has 0 aliphatic heterocycles. The first-order valence-corrected chi connectivity index (χ1v) is 4.53. The SMILES string of the molecule is C[C@@H](N)C1CCCC(Cl)C1. The van der Waals surface area contributed by atoms with Gasteiger partial charge in [-0.2, -0.15) is 0 Å². The highest BCUT2D eigenvalue weighted by molar-refractivity contribution is 6.20. The normalized spacial score (nSPS) is 37.5. The summed E-state index contributed by atoms with van der Waals surface area (Å²) >= 11 is 6.00. The number of hydrogen-bond donors (Lipinski definition) is 1. The second-order valence-electron chi connectivity index (χ2n) is 3.38. The highest BCUT2D eigenvalue weighted by atomic mass is 35.5. The molecule has 60 valence electrons. The van der Waals surface area contributed by atoms with Crippen molar-refractivity contribution in [3.8, 4) is 0 Å². The average molecular weight is 162 g/mol. The molecule has 1 nitrogen and oxygen atoms in total. The summed E-state index contributed by atoms with van der Waals surface area (Å²) in [5.74, 6) is 0.677. The fourth-order valence-electron chi connectivity index (χ4n) is 1.64. The first-order valence-electron chi connectivity index (χ1n) is 4.10. The summed E-state index contributed by atoms with van der Waals surface area (Å²) in [7, 11) is 0. The highest BCUT2D eigenvalue weighted by Gasteiger charge is 2.22. The van der Waals surface area contributed by atoms with E-state index in [2.05, 4.69) is 6.92 Å². The Morgan fingerprint density at radius 3 is 2.60 bits per heavy atom. The Kier molecular flexibility index (Phi) is 2.99. The number of nitrogens with two attached hydrogens (primary N) is 1. The van der Waals surface area contributed by atoms with E-state index in [9.17, 15) is 0 Å². The smallest absolute Gasteiger partial charge is 0.0339 e.